The fourth-order valence-electron chi connectivity index (χ4n) is 3.29. The lowest BCUT2D eigenvalue weighted by Crippen LogP contribution is -2.41. The Balaban J connectivity index is 1.84. The van der Waals surface area contributed by atoms with E-state index in [4.69, 9.17) is 5.73 Å². The number of carbonyl (C=O) groups is 1. The third-order valence-electron chi connectivity index (χ3n) is 4.06. The molecule has 1 aromatic heterocycles. The number of amides is 1. The smallest absolute Gasteiger partial charge is 0.221 e. The number of nitrogens with two attached hydrogens (primary N) is 1. The van der Waals surface area contributed by atoms with Gasteiger partial charge in [0, 0.05) is 30.9 Å². The van der Waals surface area contributed by atoms with E-state index >= 15 is 0 Å². The highest BCUT2D eigenvalue weighted by Crippen LogP contribution is 2.30. The minimum Gasteiger partial charge on any atom is -0.351 e. The molecule has 0 saturated heterocycles. The van der Waals surface area contributed by atoms with Crippen molar-refractivity contribution in [2.45, 2.75) is 71.0 Å². The summed E-state index contributed by atoms with van der Waals surface area (Å²) in [5, 5.41) is 3.17. The van der Waals surface area contributed by atoms with Crippen LogP contribution < -0.4 is 11.1 Å². The number of nitrogens with one attached hydrogen (secondary N) is 1. The van der Waals surface area contributed by atoms with E-state index < -0.39 is 0 Å². The summed E-state index contributed by atoms with van der Waals surface area (Å²) in [5.74, 6) is 0.0729. The molecule has 3 atom stereocenters. The number of carbonyl (C=O) groups excluding carboxylic acids is 1. The molecule has 21 heavy (non-hydrogen) atoms. The van der Waals surface area contributed by atoms with Gasteiger partial charge in [-0.2, -0.15) is 0 Å². The Morgan fingerprint density at radius 3 is 2.86 bits per heavy atom. The molecule has 0 spiro atoms. The topological polar surface area (TPSA) is 72.9 Å². The molecular formula is C16H28N4O. The van der Waals surface area contributed by atoms with Crippen LogP contribution in [-0.4, -0.2) is 27.5 Å². The number of nitrogens with zero attached hydrogens (tertiary/aromatic N) is 2. The Hall–Kier alpha value is -1.36. The maximum Gasteiger partial charge on any atom is 0.221 e. The highest BCUT2D eigenvalue weighted by molar-refractivity contribution is 5.77. The van der Waals surface area contributed by atoms with Gasteiger partial charge in [0.1, 0.15) is 0 Å². The lowest BCUT2D eigenvalue weighted by molar-refractivity contribution is -0.122. The van der Waals surface area contributed by atoms with E-state index in [9.17, 15) is 4.79 Å². The number of rotatable bonds is 5. The Kier molecular flexibility index (Phi) is 5.04. The molecule has 5 nitrogen and oxygen atoms in total. The second-order valence-electron chi connectivity index (χ2n) is 7.41. The van der Waals surface area contributed by atoms with E-state index in [-0.39, 0.29) is 23.4 Å². The highest BCUT2D eigenvalue weighted by Gasteiger charge is 2.30. The first-order valence-electron chi connectivity index (χ1n) is 7.87. The van der Waals surface area contributed by atoms with Gasteiger partial charge in [-0.25, -0.2) is 4.98 Å². The quantitative estimate of drug-likeness (QED) is 0.874. The summed E-state index contributed by atoms with van der Waals surface area (Å²) in [7, 11) is 0. The zero-order valence-corrected chi connectivity index (χ0v) is 13.4. The maximum absolute atomic E-state index is 12.2. The summed E-state index contributed by atoms with van der Waals surface area (Å²) >= 11 is 0. The van der Waals surface area contributed by atoms with Crippen molar-refractivity contribution < 1.29 is 4.79 Å². The molecule has 1 aliphatic rings. The van der Waals surface area contributed by atoms with Gasteiger partial charge in [0.05, 0.1) is 12.4 Å². The number of imidazole rings is 1. The van der Waals surface area contributed by atoms with Crippen LogP contribution in [0, 0.1) is 5.41 Å². The maximum atomic E-state index is 12.2. The molecule has 118 valence electrons. The molecule has 0 aliphatic heterocycles. The summed E-state index contributed by atoms with van der Waals surface area (Å²) in [6.45, 7) is 6.45. The zero-order chi connectivity index (χ0) is 15.5. The second-order valence-corrected chi connectivity index (χ2v) is 7.41. The summed E-state index contributed by atoms with van der Waals surface area (Å²) in [6.07, 6.45) is 10.1. The van der Waals surface area contributed by atoms with Crippen molar-refractivity contribution in [3.05, 3.63) is 18.7 Å². The fraction of sp³-hybridized carbons (Fsp3) is 0.750. The minimum absolute atomic E-state index is 0.0712. The van der Waals surface area contributed by atoms with Gasteiger partial charge in [-0.05, 0) is 31.1 Å². The standard InChI is InChI=1S/C16H28N4O/c1-16(2,3)10-12(17)9-15(21)19-13-5-4-6-14(13)20-8-7-18-11-20/h7-8,11-14H,4-6,9-10,17H2,1-3H3,(H,19,21). The number of hydrogen-bond acceptors (Lipinski definition) is 3. The minimum atomic E-state index is -0.0712. The second kappa shape index (κ2) is 6.60. The molecule has 1 aromatic rings. The zero-order valence-electron chi connectivity index (χ0n) is 13.4. The van der Waals surface area contributed by atoms with Crippen molar-refractivity contribution in [1.29, 1.82) is 0 Å². The average Bonchev–Trinajstić information content (AvgIpc) is 2.94. The predicted octanol–water partition coefficient (Wildman–Crippen LogP) is 2.25. The summed E-state index contributed by atoms with van der Waals surface area (Å²) in [5.41, 5.74) is 6.25. The molecule has 1 heterocycles. The largest absolute Gasteiger partial charge is 0.351 e. The van der Waals surface area contributed by atoms with Gasteiger partial charge in [-0.1, -0.05) is 20.8 Å². The molecule has 3 N–H and O–H groups in total. The van der Waals surface area contributed by atoms with Crippen LogP contribution in [0.5, 0.6) is 0 Å². The fourth-order valence-corrected chi connectivity index (χ4v) is 3.29. The Bertz CT molecular complexity index is 449. The predicted molar refractivity (Wildman–Crippen MR) is 83.7 cm³/mol. The van der Waals surface area contributed by atoms with E-state index in [0.717, 1.165) is 25.7 Å². The van der Waals surface area contributed by atoms with E-state index in [1.165, 1.54) is 0 Å². The van der Waals surface area contributed by atoms with Crippen LogP contribution in [0.1, 0.15) is 58.9 Å². The molecule has 0 radical (unpaired) electrons. The first-order chi connectivity index (χ1) is 9.85. The Labute approximate surface area is 127 Å². The molecule has 0 aromatic carbocycles. The normalized spacial score (nSPS) is 24.0. The van der Waals surface area contributed by atoms with Crippen LogP contribution in [-0.2, 0) is 4.79 Å². The molecule has 0 bridgehead atoms. The highest BCUT2D eigenvalue weighted by atomic mass is 16.1. The molecule has 3 unspecified atom stereocenters. The third kappa shape index (κ3) is 4.84. The van der Waals surface area contributed by atoms with Gasteiger partial charge < -0.3 is 15.6 Å². The van der Waals surface area contributed by atoms with Gasteiger partial charge >= 0.3 is 0 Å². The SMILES string of the molecule is CC(C)(C)CC(N)CC(=O)NC1CCCC1n1ccnc1. The lowest BCUT2D eigenvalue weighted by atomic mass is 9.87. The lowest BCUT2D eigenvalue weighted by Gasteiger charge is -2.25. The van der Waals surface area contributed by atoms with Crippen LogP contribution in [0.2, 0.25) is 0 Å². The van der Waals surface area contributed by atoms with E-state index in [2.05, 4.69) is 35.6 Å². The van der Waals surface area contributed by atoms with Crippen molar-refractivity contribution in [2.24, 2.45) is 11.1 Å². The molecule has 5 heteroatoms. The molecular weight excluding hydrogens is 264 g/mol. The molecule has 1 fully saturated rings. The van der Waals surface area contributed by atoms with Crippen LogP contribution in [0.4, 0.5) is 0 Å². The number of hydrogen-bond donors (Lipinski definition) is 2. The van der Waals surface area contributed by atoms with Crippen molar-refractivity contribution in [2.75, 3.05) is 0 Å². The Morgan fingerprint density at radius 2 is 2.24 bits per heavy atom. The van der Waals surface area contributed by atoms with Crippen LogP contribution >= 0.6 is 0 Å². The van der Waals surface area contributed by atoms with Gasteiger partial charge in [0.2, 0.25) is 5.91 Å². The number of aromatic nitrogens is 2. The summed E-state index contributed by atoms with van der Waals surface area (Å²) in [6, 6.07) is 0.460. The van der Waals surface area contributed by atoms with Crippen LogP contribution in [0.3, 0.4) is 0 Å². The molecule has 1 aliphatic carbocycles. The molecule has 2 rings (SSSR count). The van der Waals surface area contributed by atoms with Gasteiger partial charge in [-0.15, -0.1) is 0 Å². The first-order valence-corrected chi connectivity index (χ1v) is 7.87. The van der Waals surface area contributed by atoms with Crippen molar-refractivity contribution >= 4 is 5.91 Å². The van der Waals surface area contributed by atoms with Gasteiger partial charge in [0.25, 0.3) is 0 Å². The van der Waals surface area contributed by atoms with E-state index in [0.29, 0.717) is 12.5 Å². The molecule has 1 amide bonds. The Morgan fingerprint density at radius 1 is 1.48 bits per heavy atom. The first kappa shape index (κ1) is 16.0. The monoisotopic (exact) mass is 292 g/mol. The van der Waals surface area contributed by atoms with Gasteiger partial charge in [0.15, 0.2) is 0 Å². The average molecular weight is 292 g/mol. The summed E-state index contributed by atoms with van der Waals surface area (Å²) < 4.78 is 2.10. The van der Waals surface area contributed by atoms with Crippen LogP contribution in [0.15, 0.2) is 18.7 Å². The van der Waals surface area contributed by atoms with Gasteiger partial charge in [-0.3, -0.25) is 4.79 Å². The van der Waals surface area contributed by atoms with Crippen molar-refractivity contribution in [3.63, 3.8) is 0 Å². The van der Waals surface area contributed by atoms with Crippen LogP contribution in [0.25, 0.3) is 0 Å². The third-order valence-corrected chi connectivity index (χ3v) is 4.06. The van der Waals surface area contributed by atoms with E-state index in [1.54, 1.807) is 6.20 Å². The molecule has 1 saturated carbocycles. The van der Waals surface area contributed by atoms with Crippen molar-refractivity contribution in [1.82, 2.24) is 14.9 Å². The summed E-state index contributed by atoms with van der Waals surface area (Å²) in [4.78, 5) is 16.3. The van der Waals surface area contributed by atoms with Crippen molar-refractivity contribution in [3.8, 4) is 0 Å². The van der Waals surface area contributed by atoms with E-state index in [1.807, 2.05) is 12.5 Å².